The minimum atomic E-state index is -0.866. The first kappa shape index (κ1) is 32.9. The lowest BCUT2D eigenvalue weighted by Crippen LogP contribution is -2.26. The highest BCUT2D eigenvalue weighted by atomic mass is 79.9. The van der Waals surface area contributed by atoms with Crippen LogP contribution in [-0.4, -0.2) is 34.5 Å². The van der Waals surface area contributed by atoms with E-state index in [2.05, 4.69) is 27.8 Å². The number of carbonyl (C=O) groups is 2. The van der Waals surface area contributed by atoms with Crippen LogP contribution in [0.4, 0.5) is 4.79 Å². The van der Waals surface area contributed by atoms with Crippen molar-refractivity contribution in [2.24, 2.45) is 23.0 Å². The summed E-state index contributed by atoms with van der Waals surface area (Å²) in [6, 6.07) is 4.99. The normalized spacial score (nSPS) is 25.3. The number of halogens is 1. The molecule has 0 radical (unpaired) electrons. The lowest BCUT2D eigenvalue weighted by molar-refractivity contribution is -0.140. The molecular weight excluding hydrogens is 574 g/mol. The molecule has 0 aromatic heterocycles. The highest BCUT2D eigenvalue weighted by Crippen LogP contribution is 2.40. The van der Waals surface area contributed by atoms with Crippen molar-refractivity contribution in [2.45, 2.75) is 71.7 Å². The Morgan fingerprint density at radius 3 is 2.65 bits per heavy atom. The molecule has 4 N–H and O–H groups in total. The predicted octanol–water partition coefficient (Wildman–Crippen LogP) is 6.66. The fraction of sp³-hybridized carbons (Fsp3) is 0.438. The molecule has 0 bridgehead atoms. The van der Waals surface area contributed by atoms with Crippen LogP contribution < -0.4 is 5.73 Å². The number of esters is 1. The van der Waals surface area contributed by atoms with Gasteiger partial charge in [-0.3, -0.25) is 0 Å². The van der Waals surface area contributed by atoms with Gasteiger partial charge < -0.3 is 25.4 Å². The van der Waals surface area contributed by atoms with E-state index in [-0.39, 0.29) is 23.7 Å². The standard InChI is InChI=1S/C32H40BrNO6/c1-22-12-9-15-24(39-28(36)18-10-13-23(2)21-25(20-22)40-31(34)38)14-7-5-6-8-19-32(3,4)30(37)26-16-11-17-27(35)29(26)33/h7-12,14,16-19,22-25,30,35,37H,13,15,20-21H2,1-4H3,(H2,34,38)/b12-9+,14-7+,18-10-,19-8+. The molecule has 1 aliphatic heterocycles. The van der Waals surface area contributed by atoms with E-state index < -0.39 is 29.7 Å². The number of ether oxygens (including phenoxy) is 2. The summed E-state index contributed by atoms with van der Waals surface area (Å²) >= 11 is 3.33. The van der Waals surface area contributed by atoms with Gasteiger partial charge in [0.1, 0.15) is 18.0 Å². The van der Waals surface area contributed by atoms with E-state index in [0.717, 1.165) is 0 Å². The summed E-state index contributed by atoms with van der Waals surface area (Å²) in [6.45, 7) is 7.82. The van der Waals surface area contributed by atoms with Crippen LogP contribution in [0.25, 0.3) is 0 Å². The molecule has 2 rings (SSSR count). The third-order valence-electron chi connectivity index (χ3n) is 6.56. The van der Waals surface area contributed by atoms with E-state index in [1.165, 1.54) is 6.08 Å². The molecule has 1 aromatic rings. The van der Waals surface area contributed by atoms with E-state index in [1.54, 1.807) is 42.5 Å². The zero-order chi connectivity index (χ0) is 29.7. The van der Waals surface area contributed by atoms with Crippen LogP contribution in [0, 0.1) is 29.1 Å². The quantitative estimate of drug-likeness (QED) is 0.194. The van der Waals surface area contributed by atoms with Crippen LogP contribution in [0.5, 0.6) is 5.75 Å². The van der Waals surface area contributed by atoms with Crippen LogP contribution in [0.1, 0.15) is 65.0 Å². The lowest BCUT2D eigenvalue weighted by Gasteiger charge is -2.28. The van der Waals surface area contributed by atoms with Crippen LogP contribution >= 0.6 is 15.9 Å². The Hall–Kier alpha value is -3.28. The second-order valence-electron chi connectivity index (χ2n) is 10.8. The van der Waals surface area contributed by atoms with Gasteiger partial charge in [-0.15, -0.1) is 0 Å². The molecule has 1 aliphatic rings. The van der Waals surface area contributed by atoms with Gasteiger partial charge in [-0.2, -0.15) is 0 Å². The maximum Gasteiger partial charge on any atom is 0.404 e. The first-order chi connectivity index (χ1) is 18.9. The number of amides is 1. The monoisotopic (exact) mass is 613 g/mol. The Labute approximate surface area is 246 Å². The van der Waals surface area contributed by atoms with Crippen LogP contribution in [-0.2, 0) is 14.3 Å². The molecule has 0 saturated heterocycles. The summed E-state index contributed by atoms with van der Waals surface area (Å²) in [5, 5.41) is 20.8. The summed E-state index contributed by atoms with van der Waals surface area (Å²) in [5.41, 5.74) is 5.19. The van der Waals surface area contributed by atoms with Gasteiger partial charge in [0.15, 0.2) is 0 Å². The van der Waals surface area contributed by atoms with Crippen molar-refractivity contribution in [2.75, 3.05) is 0 Å². The molecule has 216 valence electrons. The molecule has 8 heteroatoms. The summed E-state index contributed by atoms with van der Waals surface area (Å²) in [6.07, 6.45) is 14.0. The van der Waals surface area contributed by atoms with Crippen molar-refractivity contribution in [3.8, 4) is 17.6 Å². The molecule has 0 aliphatic carbocycles. The molecule has 5 atom stereocenters. The summed E-state index contributed by atoms with van der Waals surface area (Å²) in [5.74, 6) is 5.81. The SMILES string of the molecule is CC1/C=C/CC(/C=C/C#C/C=C/C(C)(C)C(O)c2cccc(O)c2Br)OC(=O)/C=C\CC(C)CC(OC(N)=O)C1. The minimum Gasteiger partial charge on any atom is -0.507 e. The topological polar surface area (TPSA) is 119 Å². The number of hydrogen-bond donors (Lipinski definition) is 3. The fourth-order valence-corrected chi connectivity index (χ4v) is 4.82. The van der Waals surface area contributed by atoms with Gasteiger partial charge in [0.2, 0.25) is 0 Å². The molecule has 7 nitrogen and oxygen atoms in total. The van der Waals surface area contributed by atoms with Crippen molar-refractivity contribution in [1.82, 2.24) is 0 Å². The van der Waals surface area contributed by atoms with Crippen molar-refractivity contribution in [1.29, 1.82) is 0 Å². The lowest BCUT2D eigenvalue weighted by atomic mass is 9.82. The Kier molecular flexibility index (Phi) is 13.3. The number of aliphatic hydroxyl groups excluding tert-OH is 1. The van der Waals surface area contributed by atoms with E-state index in [4.69, 9.17) is 15.2 Å². The number of phenolic OH excluding ortho intramolecular Hbond substituents is 1. The number of allylic oxidation sites excluding steroid dienone is 4. The van der Waals surface area contributed by atoms with Gasteiger partial charge in [-0.1, -0.05) is 76.0 Å². The summed E-state index contributed by atoms with van der Waals surface area (Å²) in [4.78, 5) is 23.7. The number of carbonyl (C=O) groups excluding carboxylic acids is 2. The van der Waals surface area contributed by atoms with Crippen LogP contribution in [0.3, 0.4) is 0 Å². The van der Waals surface area contributed by atoms with Gasteiger partial charge in [0, 0.05) is 17.9 Å². The average molecular weight is 615 g/mol. The van der Waals surface area contributed by atoms with E-state index >= 15 is 0 Å². The molecule has 0 saturated carbocycles. The Balaban J connectivity index is 2.09. The van der Waals surface area contributed by atoms with Gasteiger partial charge in [-0.25, -0.2) is 9.59 Å². The number of benzene rings is 1. The number of aromatic hydroxyl groups is 1. The number of nitrogens with two attached hydrogens (primary N) is 1. The second kappa shape index (κ2) is 16.1. The number of hydrogen-bond acceptors (Lipinski definition) is 6. The van der Waals surface area contributed by atoms with Gasteiger partial charge in [0.25, 0.3) is 0 Å². The van der Waals surface area contributed by atoms with E-state index in [9.17, 15) is 19.8 Å². The molecule has 1 aromatic carbocycles. The number of rotatable bonds is 5. The average Bonchev–Trinajstić information content (AvgIpc) is 2.86. The van der Waals surface area contributed by atoms with E-state index in [1.807, 2.05) is 45.9 Å². The van der Waals surface area contributed by atoms with Gasteiger partial charge in [-0.05, 0) is 76.9 Å². The largest absolute Gasteiger partial charge is 0.507 e. The van der Waals surface area contributed by atoms with Gasteiger partial charge in [0.05, 0.1) is 10.6 Å². The Morgan fingerprint density at radius 2 is 1.93 bits per heavy atom. The molecule has 0 fully saturated rings. The zero-order valence-electron chi connectivity index (χ0n) is 23.5. The van der Waals surface area contributed by atoms with Crippen LogP contribution in [0.15, 0.2) is 71.3 Å². The summed E-state index contributed by atoms with van der Waals surface area (Å²) in [7, 11) is 0. The second-order valence-corrected chi connectivity index (χ2v) is 11.6. The number of primary amides is 1. The maximum atomic E-state index is 12.4. The van der Waals surface area contributed by atoms with Crippen molar-refractivity contribution in [3.05, 3.63) is 76.8 Å². The smallest absolute Gasteiger partial charge is 0.404 e. The van der Waals surface area contributed by atoms with Crippen molar-refractivity contribution in [3.63, 3.8) is 0 Å². The number of cyclic esters (lactones) is 1. The summed E-state index contributed by atoms with van der Waals surface area (Å²) < 4.78 is 11.4. The third-order valence-corrected chi connectivity index (χ3v) is 7.42. The Morgan fingerprint density at radius 1 is 1.20 bits per heavy atom. The minimum absolute atomic E-state index is 0.0652. The predicted molar refractivity (Wildman–Crippen MR) is 160 cm³/mol. The van der Waals surface area contributed by atoms with Crippen LogP contribution in [0.2, 0.25) is 0 Å². The molecule has 40 heavy (non-hydrogen) atoms. The highest BCUT2D eigenvalue weighted by Gasteiger charge is 2.28. The fourth-order valence-electron chi connectivity index (χ4n) is 4.34. The Bertz CT molecular complexity index is 1190. The highest BCUT2D eigenvalue weighted by molar-refractivity contribution is 9.10. The molecule has 1 heterocycles. The van der Waals surface area contributed by atoms with Crippen molar-refractivity contribution >= 4 is 28.0 Å². The molecule has 1 amide bonds. The third kappa shape index (κ3) is 11.4. The molecule has 0 spiro atoms. The zero-order valence-corrected chi connectivity index (χ0v) is 25.1. The first-order valence-electron chi connectivity index (χ1n) is 13.4. The van der Waals surface area contributed by atoms with Crippen molar-refractivity contribution < 1.29 is 29.3 Å². The number of aliphatic hydroxyl groups is 1. The molecular formula is C32H40BrNO6. The van der Waals surface area contributed by atoms with E-state index in [0.29, 0.717) is 35.7 Å². The maximum absolute atomic E-state index is 12.4. The molecule has 5 unspecified atom stereocenters. The van der Waals surface area contributed by atoms with Gasteiger partial charge >= 0.3 is 12.1 Å². The first-order valence-corrected chi connectivity index (χ1v) is 14.2. The number of phenols is 1.